The van der Waals surface area contributed by atoms with Gasteiger partial charge in [-0.05, 0) is 68.1 Å². The Morgan fingerprint density at radius 2 is 1.79 bits per heavy atom. The lowest BCUT2D eigenvalue weighted by molar-refractivity contribution is -0.155. The third-order valence-electron chi connectivity index (χ3n) is 7.97. The molecule has 0 amide bonds. The van der Waals surface area contributed by atoms with E-state index in [0.29, 0.717) is 18.5 Å². The first-order valence-corrected chi connectivity index (χ1v) is 12.4. The number of carbonyl (C=O) groups excluding carboxylic acids is 1. The molecule has 3 unspecified atom stereocenters. The molecule has 3 aliphatic rings. The molecule has 3 fully saturated rings. The zero-order chi connectivity index (χ0) is 23.0. The molecule has 2 bridgehead atoms. The Kier molecular flexibility index (Phi) is 5.44. The largest absolute Gasteiger partial charge is 0.456 e. The molecule has 2 N–H and O–H groups in total. The predicted molar refractivity (Wildman–Crippen MR) is 133 cm³/mol. The smallest absolute Gasteiger partial charge is 0.293 e. The number of ether oxygens (including phenoxy) is 1. The maximum absolute atomic E-state index is 11.0. The lowest BCUT2D eigenvalue weighted by Gasteiger charge is -2.40. The van der Waals surface area contributed by atoms with Crippen LogP contribution >= 0.6 is 0 Å². The predicted octanol–water partition coefficient (Wildman–Crippen LogP) is 6.04. The van der Waals surface area contributed by atoms with E-state index >= 15 is 0 Å². The standard InChI is InChI=1S/C28H30N4O2/c33-18-34-28(13-4-14-28)22-9-11-23(12-10-22)29-27-31-25(20-5-2-1-3-6-20)17-26(32-27)30-24-16-19-7-8-21(24)15-19/h1-3,5-6,9-12,17-19,21,24H,4,7-8,13-16H2,(H2,29,30,31,32). The van der Waals surface area contributed by atoms with Gasteiger partial charge in [-0.1, -0.05) is 48.9 Å². The summed E-state index contributed by atoms with van der Waals surface area (Å²) in [5, 5.41) is 7.11. The average molecular weight is 455 g/mol. The van der Waals surface area contributed by atoms with Gasteiger partial charge in [-0.2, -0.15) is 4.98 Å². The summed E-state index contributed by atoms with van der Waals surface area (Å²) in [7, 11) is 0. The first-order chi connectivity index (χ1) is 16.7. The molecule has 0 saturated heterocycles. The van der Waals surface area contributed by atoms with Crippen LogP contribution in [-0.2, 0) is 15.1 Å². The molecule has 6 rings (SSSR count). The molecule has 1 aromatic heterocycles. The quantitative estimate of drug-likeness (QED) is 0.404. The summed E-state index contributed by atoms with van der Waals surface area (Å²) in [6, 6.07) is 20.9. The molecule has 0 aliphatic heterocycles. The number of hydrogen-bond acceptors (Lipinski definition) is 6. The third-order valence-corrected chi connectivity index (χ3v) is 7.97. The second kappa shape index (κ2) is 8.75. The fraction of sp³-hybridized carbons (Fsp3) is 0.393. The number of hydrogen-bond donors (Lipinski definition) is 2. The van der Waals surface area contributed by atoms with Crippen LogP contribution in [-0.4, -0.2) is 22.5 Å². The maximum Gasteiger partial charge on any atom is 0.293 e. The summed E-state index contributed by atoms with van der Waals surface area (Å²) in [5.41, 5.74) is 3.45. The van der Waals surface area contributed by atoms with E-state index in [0.717, 1.165) is 59.4 Å². The van der Waals surface area contributed by atoms with E-state index in [-0.39, 0.29) is 0 Å². The Labute approximate surface area is 200 Å². The van der Waals surface area contributed by atoms with Gasteiger partial charge in [0.15, 0.2) is 0 Å². The van der Waals surface area contributed by atoms with Crippen LogP contribution in [0.1, 0.15) is 50.5 Å². The number of carbonyl (C=O) groups is 1. The van der Waals surface area contributed by atoms with Crippen molar-refractivity contribution in [3.8, 4) is 11.3 Å². The summed E-state index contributed by atoms with van der Waals surface area (Å²) in [4.78, 5) is 20.6. The van der Waals surface area contributed by atoms with Gasteiger partial charge in [-0.15, -0.1) is 0 Å². The highest BCUT2D eigenvalue weighted by atomic mass is 16.5. The molecule has 3 aliphatic carbocycles. The van der Waals surface area contributed by atoms with Gasteiger partial charge in [0, 0.05) is 23.4 Å². The van der Waals surface area contributed by atoms with Gasteiger partial charge in [0.2, 0.25) is 5.95 Å². The second-order valence-corrected chi connectivity index (χ2v) is 10.0. The van der Waals surface area contributed by atoms with Crippen molar-refractivity contribution in [2.75, 3.05) is 10.6 Å². The number of aromatic nitrogens is 2. The minimum Gasteiger partial charge on any atom is -0.456 e. The highest BCUT2D eigenvalue weighted by Crippen LogP contribution is 2.46. The topological polar surface area (TPSA) is 76.1 Å². The fourth-order valence-electron chi connectivity index (χ4n) is 6.00. The number of fused-ring (bicyclic) bond motifs is 2. The van der Waals surface area contributed by atoms with Crippen LogP contribution in [0.5, 0.6) is 0 Å². The minimum atomic E-state index is -0.457. The summed E-state index contributed by atoms with van der Waals surface area (Å²) in [5.74, 6) is 3.08. The van der Waals surface area contributed by atoms with Crippen molar-refractivity contribution >= 4 is 23.9 Å². The first-order valence-electron chi connectivity index (χ1n) is 12.4. The molecule has 6 nitrogen and oxygen atoms in total. The van der Waals surface area contributed by atoms with E-state index in [1.54, 1.807) is 0 Å². The van der Waals surface area contributed by atoms with Gasteiger partial charge in [-0.3, -0.25) is 4.79 Å². The van der Waals surface area contributed by atoms with Crippen LogP contribution in [0.2, 0.25) is 0 Å². The first kappa shape index (κ1) is 21.1. The van der Waals surface area contributed by atoms with Crippen LogP contribution in [0, 0.1) is 11.8 Å². The van der Waals surface area contributed by atoms with Gasteiger partial charge >= 0.3 is 0 Å². The highest BCUT2D eigenvalue weighted by molar-refractivity contribution is 5.66. The fourth-order valence-corrected chi connectivity index (χ4v) is 6.00. The van der Waals surface area contributed by atoms with Crippen molar-refractivity contribution < 1.29 is 9.53 Å². The molecule has 174 valence electrons. The second-order valence-electron chi connectivity index (χ2n) is 10.0. The van der Waals surface area contributed by atoms with Crippen molar-refractivity contribution in [3.05, 3.63) is 66.2 Å². The summed E-state index contributed by atoms with van der Waals surface area (Å²) in [6.45, 7) is 0.568. The zero-order valence-corrected chi connectivity index (χ0v) is 19.2. The Morgan fingerprint density at radius 3 is 2.44 bits per heavy atom. The molecular weight excluding hydrogens is 424 g/mol. The van der Waals surface area contributed by atoms with E-state index in [1.807, 2.05) is 42.5 Å². The molecule has 3 aromatic rings. The Bertz CT molecular complexity index is 1160. The van der Waals surface area contributed by atoms with Crippen molar-refractivity contribution in [3.63, 3.8) is 0 Å². The van der Waals surface area contributed by atoms with E-state index in [1.165, 1.54) is 25.7 Å². The minimum absolute atomic E-state index is 0.457. The summed E-state index contributed by atoms with van der Waals surface area (Å²) in [6.07, 6.45) is 8.12. The van der Waals surface area contributed by atoms with Gasteiger partial charge in [-0.25, -0.2) is 4.98 Å². The highest BCUT2D eigenvalue weighted by Gasteiger charge is 2.41. The van der Waals surface area contributed by atoms with Crippen LogP contribution in [0.3, 0.4) is 0 Å². The molecule has 0 radical (unpaired) electrons. The van der Waals surface area contributed by atoms with Gasteiger partial charge in [0.25, 0.3) is 6.47 Å². The monoisotopic (exact) mass is 454 g/mol. The molecule has 0 spiro atoms. The summed E-state index contributed by atoms with van der Waals surface area (Å²) < 4.78 is 5.44. The van der Waals surface area contributed by atoms with Crippen molar-refractivity contribution in [1.29, 1.82) is 0 Å². The van der Waals surface area contributed by atoms with E-state index in [9.17, 15) is 4.79 Å². The number of nitrogens with one attached hydrogen (secondary N) is 2. The number of rotatable bonds is 8. The van der Waals surface area contributed by atoms with Crippen molar-refractivity contribution in [2.45, 2.75) is 56.6 Å². The van der Waals surface area contributed by atoms with Crippen LogP contribution in [0.25, 0.3) is 11.3 Å². The average Bonchev–Trinajstić information content (AvgIpc) is 3.46. The van der Waals surface area contributed by atoms with Gasteiger partial charge < -0.3 is 15.4 Å². The Hall–Kier alpha value is -3.41. The van der Waals surface area contributed by atoms with Crippen molar-refractivity contribution in [1.82, 2.24) is 9.97 Å². The molecule has 6 heteroatoms. The molecular formula is C28H30N4O2. The van der Waals surface area contributed by atoms with E-state index in [4.69, 9.17) is 14.7 Å². The molecule has 2 aromatic carbocycles. The van der Waals surface area contributed by atoms with Crippen molar-refractivity contribution in [2.24, 2.45) is 11.8 Å². The lowest BCUT2D eigenvalue weighted by Crippen LogP contribution is -2.36. The SMILES string of the molecule is O=COC1(c2ccc(Nc3nc(NC4CC5CCC4C5)cc(-c4ccccc4)n3)cc2)CCC1. The number of benzene rings is 2. The maximum atomic E-state index is 11.0. The zero-order valence-electron chi connectivity index (χ0n) is 19.2. The third kappa shape index (κ3) is 4.02. The van der Waals surface area contributed by atoms with Gasteiger partial charge in [0.05, 0.1) is 5.69 Å². The molecule has 3 atom stereocenters. The Balaban J connectivity index is 1.26. The number of anilines is 3. The lowest BCUT2D eigenvalue weighted by atomic mass is 9.75. The van der Waals surface area contributed by atoms with Crippen LogP contribution in [0.4, 0.5) is 17.5 Å². The summed E-state index contributed by atoms with van der Waals surface area (Å²) >= 11 is 0. The normalized spacial score (nSPS) is 24.3. The molecule has 3 saturated carbocycles. The van der Waals surface area contributed by atoms with Gasteiger partial charge in [0.1, 0.15) is 11.4 Å². The van der Waals surface area contributed by atoms with E-state index in [2.05, 4.69) is 28.8 Å². The molecule has 34 heavy (non-hydrogen) atoms. The van der Waals surface area contributed by atoms with Crippen LogP contribution < -0.4 is 10.6 Å². The Morgan fingerprint density at radius 1 is 0.971 bits per heavy atom. The molecule has 1 heterocycles. The van der Waals surface area contributed by atoms with Crippen LogP contribution in [0.15, 0.2) is 60.7 Å². The number of nitrogens with zero attached hydrogens (tertiary/aromatic N) is 2. The van der Waals surface area contributed by atoms with E-state index < -0.39 is 5.60 Å².